The van der Waals surface area contributed by atoms with Crippen molar-refractivity contribution in [2.24, 2.45) is 0 Å². The Kier molecular flexibility index (Phi) is 2.56. The first kappa shape index (κ1) is 9.68. The van der Waals surface area contributed by atoms with Crippen molar-refractivity contribution in [2.75, 3.05) is 5.73 Å². The number of nitrogen functional groups attached to an aromatic ring is 1. The van der Waals surface area contributed by atoms with Crippen LogP contribution >= 0.6 is 27.3 Å². The number of nitrogens with two attached hydrogens (primary N) is 1. The molecule has 1 aromatic carbocycles. The lowest BCUT2D eigenvalue weighted by molar-refractivity contribution is 0.629. The van der Waals surface area contributed by atoms with Crippen LogP contribution in [0.25, 0.3) is 10.4 Å². The molecule has 72 valence electrons. The molecule has 2 aromatic rings. The molecule has 4 heteroatoms. The zero-order chi connectivity index (χ0) is 10.1. The van der Waals surface area contributed by atoms with E-state index in [9.17, 15) is 4.39 Å². The zero-order valence-corrected chi connectivity index (χ0v) is 9.53. The standard InChI is InChI=1S/C10H7BrFNS/c11-10-2-1-9(14-10)6-3-7(12)5-8(13)4-6/h1-5H,13H2. The lowest BCUT2D eigenvalue weighted by atomic mass is 10.1. The van der Waals surface area contributed by atoms with Gasteiger partial charge in [-0.1, -0.05) is 0 Å². The van der Waals surface area contributed by atoms with Crippen molar-refractivity contribution >= 4 is 33.0 Å². The van der Waals surface area contributed by atoms with E-state index in [2.05, 4.69) is 15.9 Å². The molecule has 1 aromatic heterocycles. The molecule has 0 aliphatic carbocycles. The van der Waals surface area contributed by atoms with Gasteiger partial charge in [0.15, 0.2) is 0 Å². The van der Waals surface area contributed by atoms with Crippen LogP contribution in [0.5, 0.6) is 0 Å². The van der Waals surface area contributed by atoms with E-state index >= 15 is 0 Å². The number of anilines is 1. The quantitative estimate of drug-likeness (QED) is 0.783. The topological polar surface area (TPSA) is 26.0 Å². The Bertz CT molecular complexity index is 447. The van der Waals surface area contributed by atoms with Gasteiger partial charge >= 0.3 is 0 Å². The van der Waals surface area contributed by atoms with Crippen LogP contribution in [0, 0.1) is 5.82 Å². The summed E-state index contributed by atoms with van der Waals surface area (Å²) in [6.45, 7) is 0. The number of hydrogen-bond acceptors (Lipinski definition) is 2. The first-order chi connectivity index (χ1) is 6.65. The maximum atomic E-state index is 13.0. The van der Waals surface area contributed by atoms with E-state index in [0.29, 0.717) is 5.69 Å². The third-order valence-electron chi connectivity index (χ3n) is 1.78. The monoisotopic (exact) mass is 271 g/mol. The van der Waals surface area contributed by atoms with Gasteiger partial charge in [0.2, 0.25) is 0 Å². The van der Waals surface area contributed by atoms with Crippen molar-refractivity contribution in [2.45, 2.75) is 0 Å². The SMILES string of the molecule is Nc1cc(F)cc(-c2ccc(Br)s2)c1. The Morgan fingerprint density at radius 3 is 2.57 bits per heavy atom. The number of thiophene rings is 1. The maximum Gasteiger partial charge on any atom is 0.125 e. The van der Waals surface area contributed by atoms with E-state index in [1.54, 1.807) is 17.4 Å². The Morgan fingerprint density at radius 2 is 2.00 bits per heavy atom. The Morgan fingerprint density at radius 1 is 1.21 bits per heavy atom. The third kappa shape index (κ3) is 1.96. The second-order valence-corrected chi connectivity index (χ2v) is 5.34. The summed E-state index contributed by atoms with van der Waals surface area (Å²) in [5, 5.41) is 0. The van der Waals surface area contributed by atoms with Gasteiger partial charge in [-0.15, -0.1) is 11.3 Å². The average Bonchev–Trinajstić information content (AvgIpc) is 2.50. The number of benzene rings is 1. The van der Waals surface area contributed by atoms with Crippen LogP contribution in [0.3, 0.4) is 0 Å². The highest BCUT2D eigenvalue weighted by molar-refractivity contribution is 9.11. The fourth-order valence-corrected chi connectivity index (χ4v) is 2.60. The molecular weight excluding hydrogens is 265 g/mol. The predicted octanol–water partition coefficient (Wildman–Crippen LogP) is 3.90. The summed E-state index contributed by atoms with van der Waals surface area (Å²) < 4.78 is 14.1. The van der Waals surface area contributed by atoms with Crippen LogP contribution in [-0.2, 0) is 0 Å². The molecule has 1 heterocycles. The van der Waals surface area contributed by atoms with Gasteiger partial charge in [0.1, 0.15) is 5.82 Å². The lowest BCUT2D eigenvalue weighted by Crippen LogP contribution is -1.86. The Labute approximate surface area is 93.5 Å². The highest BCUT2D eigenvalue weighted by Gasteiger charge is 2.03. The van der Waals surface area contributed by atoms with Crippen LogP contribution in [0.15, 0.2) is 34.1 Å². The number of halogens is 2. The van der Waals surface area contributed by atoms with Crippen molar-refractivity contribution in [3.05, 3.63) is 39.9 Å². The van der Waals surface area contributed by atoms with Crippen LogP contribution < -0.4 is 5.73 Å². The molecule has 0 aliphatic rings. The smallest absolute Gasteiger partial charge is 0.125 e. The third-order valence-corrected chi connectivity index (χ3v) is 3.45. The van der Waals surface area contributed by atoms with Crippen LogP contribution in [0.1, 0.15) is 0 Å². The average molecular weight is 272 g/mol. The van der Waals surface area contributed by atoms with Gasteiger partial charge in [-0.25, -0.2) is 4.39 Å². The normalized spacial score (nSPS) is 10.4. The predicted molar refractivity (Wildman–Crippen MR) is 61.8 cm³/mol. The van der Waals surface area contributed by atoms with Gasteiger partial charge in [-0.3, -0.25) is 0 Å². The largest absolute Gasteiger partial charge is 0.399 e. The van der Waals surface area contributed by atoms with Gasteiger partial charge < -0.3 is 5.73 Å². The summed E-state index contributed by atoms with van der Waals surface area (Å²) in [5.41, 5.74) is 6.82. The highest BCUT2D eigenvalue weighted by atomic mass is 79.9. The number of hydrogen-bond donors (Lipinski definition) is 1. The van der Waals surface area contributed by atoms with Gasteiger partial charge in [0.05, 0.1) is 3.79 Å². The van der Waals surface area contributed by atoms with Gasteiger partial charge in [0.25, 0.3) is 0 Å². The fourth-order valence-electron chi connectivity index (χ4n) is 1.22. The van der Waals surface area contributed by atoms with Gasteiger partial charge in [0, 0.05) is 10.6 Å². The van der Waals surface area contributed by atoms with E-state index in [1.807, 2.05) is 12.1 Å². The molecule has 0 radical (unpaired) electrons. The molecule has 2 N–H and O–H groups in total. The summed E-state index contributed by atoms with van der Waals surface area (Å²) in [5.74, 6) is -0.301. The molecular formula is C10H7BrFNS. The van der Waals surface area contributed by atoms with Crippen molar-refractivity contribution in [3.63, 3.8) is 0 Å². The molecule has 2 rings (SSSR count). The van der Waals surface area contributed by atoms with Crippen LogP contribution in [0.4, 0.5) is 10.1 Å². The molecule has 0 bridgehead atoms. The summed E-state index contributed by atoms with van der Waals surface area (Å²) >= 11 is 4.91. The van der Waals surface area contributed by atoms with E-state index < -0.39 is 0 Å². The molecule has 0 spiro atoms. The first-order valence-corrected chi connectivity index (χ1v) is 5.58. The molecule has 0 amide bonds. The fraction of sp³-hybridized carbons (Fsp3) is 0. The van der Waals surface area contributed by atoms with E-state index in [1.165, 1.54) is 12.1 Å². The molecule has 0 unspecified atom stereocenters. The van der Waals surface area contributed by atoms with E-state index in [4.69, 9.17) is 5.73 Å². The van der Waals surface area contributed by atoms with Crippen molar-refractivity contribution in [3.8, 4) is 10.4 Å². The van der Waals surface area contributed by atoms with Crippen molar-refractivity contribution in [1.82, 2.24) is 0 Å². The van der Waals surface area contributed by atoms with E-state index in [-0.39, 0.29) is 5.82 Å². The highest BCUT2D eigenvalue weighted by Crippen LogP contribution is 2.32. The summed E-state index contributed by atoms with van der Waals surface area (Å²) in [4.78, 5) is 1.00. The minimum absolute atomic E-state index is 0.301. The second kappa shape index (κ2) is 3.71. The summed E-state index contributed by atoms with van der Waals surface area (Å²) in [6.07, 6.45) is 0. The molecule has 0 aliphatic heterocycles. The van der Waals surface area contributed by atoms with Gasteiger partial charge in [-0.05, 0) is 51.8 Å². The molecule has 1 nitrogen and oxygen atoms in total. The van der Waals surface area contributed by atoms with Crippen molar-refractivity contribution in [1.29, 1.82) is 0 Å². The summed E-state index contributed by atoms with van der Waals surface area (Å²) in [6, 6.07) is 8.42. The zero-order valence-electron chi connectivity index (χ0n) is 7.13. The maximum absolute atomic E-state index is 13.0. The Balaban J connectivity index is 2.51. The van der Waals surface area contributed by atoms with Crippen LogP contribution in [-0.4, -0.2) is 0 Å². The lowest BCUT2D eigenvalue weighted by Gasteiger charge is -1.99. The molecule has 0 saturated carbocycles. The molecule has 0 atom stereocenters. The summed E-state index contributed by atoms with van der Waals surface area (Å²) in [7, 11) is 0. The second-order valence-electron chi connectivity index (χ2n) is 2.88. The first-order valence-electron chi connectivity index (χ1n) is 3.97. The molecule has 14 heavy (non-hydrogen) atoms. The molecule has 0 fully saturated rings. The molecule has 0 saturated heterocycles. The van der Waals surface area contributed by atoms with Crippen molar-refractivity contribution < 1.29 is 4.39 Å². The minimum Gasteiger partial charge on any atom is -0.399 e. The van der Waals surface area contributed by atoms with Gasteiger partial charge in [-0.2, -0.15) is 0 Å². The van der Waals surface area contributed by atoms with Crippen LogP contribution in [0.2, 0.25) is 0 Å². The number of rotatable bonds is 1. The van der Waals surface area contributed by atoms with E-state index in [0.717, 1.165) is 14.2 Å². The minimum atomic E-state index is -0.301. The Hall–Kier alpha value is -0.870.